The molecule has 0 amide bonds. The maximum absolute atomic E-state index is 10.9. The number of carboxylic acids is 1. The van der Waals surface area contributed by atoms with E-state index in [2.05, 4.69) is 112 Å². The van der Waals surface area contributed by atoms with Crippen molar-refractivity contribution in [3.8, 4) is 16.9 Å². The summed E-state index contributed by atoms with van der Waals surface area (Å²) >= 11 is 0. The third-order valence-corrected chi connectivity index (χ3v) is 7.44. The molecule has 3 aromatic carbocycles. The van der Waals surface area contributed by atoms with Crippen LogP contribution in [0.1, 0.15) is 70.7 Å². The molecule has 0 saturated carbocycles. The Kier molecular flexibility index (Phi) is 9.43. The van der Waals surface area contributed by atoms with E-state index < -0.39 is 5.97 Å². The van der Waals surface area contributed by atoms with Crippen molar-refractivity contribution >= 4 is 11.9 Å². The maximum Gasteiger partial charge on any atom is 0.306 e. The maximum atomic E-state index is 10.9. The van der Waals surface area contributed by atoms with Gasteiger partial charge in [0.25, 0.3) is 0 Å². The lowest BCUT2D eigenvalue weighted by Gasteiger charge is -2.26. The third-order valence-electron chi connectivity index (χ3n) is 7.44. The number of anilines is 1. The summed E-state index contributed by atoms with van der Waals surface area (Å²) in [6.07, 6.45) is 3.17. The van der Waals surface area contributed by atoms with Crippen LogP contribution in [-0.2, 0) is 17.9 Å². The summed E-state index contributed by atoms with van der Waals surface area (Å²) in [6, 6.07) is 18.0. The van der Waals surface area contributed by atoms with Gasteiger partial charge in [0.1, 0.15) is 0 Å². The fraction of sp³-hybridized carbons (Fsp3) is 0.343. The number of aryl methyl sites for hydroxylation is 5. The molecular formula is C35H41N3O3. The first-order valence-corrected chi connectivity index (χ1v) is 14.2. The topological polar surface area (TPSA) is 75.6 Å². The number of carboxylic acid groups (broad SMARTS) is 1. The molecule has 0 aliphatic carbocycles. The van der Waals surface area contributed by atoms with E-state index in [0.717, 1.165) is 0 Å². The van der Waals surface area contributed by atoms with Gasteiger partial charge >= 0.3 is 5.97 Å². The third kappa shape index (κ3) is 7.72. The van der Waals surface area contributed by atoms with Crippen LogP contribution in [0.2, 0.25) is 0 Å². The van der Waals surface area contributed by atoms with Gasteiger partial charge in [-0.1, -0.05) is 73.5 Å². The van der Waals surface area contributed by atoms with Crippen molar-refractivity contribution in [2.75, 3.05) is 11.5 Å². The Bertz CT molecular complexity index is 1510. The molecule has 6 heteroatoms. The number of nitrogens with zero attached hydrogens (tertiary/aromatic N) is 3. The molecule has 0 unspecified atom stereocenters. The van der Waals surface area contributed by atoms with E-state index in [9.17, 15) is 4.79 Å². The Morgan fingerprint density at radius 3 is 2.12 bits per heavy atom. The van der Waals surface area contributed by atoms with Gasteiger partial charge in [0, 0.05) is 13.1 Å². The van der Waals surface area contributed by atoms with Crippen molar-refractivity contribution in [2.45, 2.75) is 73.9 Å². The van der Waals surface area contributed by atoms with Crippen LogP contribution in [-0.4, -0.2) is 27.7 Å². The first kappa shape index (κ1) is 29.8. The molecule has 4 aromatic rings. The van der Waals surface area contributed by atoms with Crippen molar-refractivity contribution in [3.05, 3.63) is 105 Å². The van der Waals surface area contributed by atoms with E-state index in [0.29, 0.717) is 30.7 Å². The van der Waals surface area contributed by atoms with Crippen LogP contribution >= 0.6 is 0 Å². The van der Waals surface area contributed by atoms with Crippen LogP contribution in [0.15, 0.2) is 60.9 Å². The molecule has 41 heavy (non-hydrogen) atoms. The first-order chi connectivity index (χ1) is 19.5. The molecule has 0 aliphatic rings. The number of ether oxygens (including phenoxy) is 1. The highest BCUT2D eigenvalue weighted by Crippen LogP contribution is 2.33. The van der Waals surface area contributed by atoms with E-state index >= 15 is 0 Å². The highest BCUT2D eigenvalue weighted by molar-refractivity contribution is 5.73. The minimum absolute atomic E-state index is 0.0745. The molecule has 0 saturated heterocycles. The largest absolute Gasteiger partial charge is 0.490 e. The molecule has 0 aliphatic heterocycles. The van der Waals surface area contributed by atoms with Crippen molar-refractivity contribution in [3.63, 3.8) is 0 Å². The van der Waals surface area contributed by atoms with Crippen molar-refractivity contribution < 1.29 is 14.6 Å². The Hall–Kier alpha value is -4.19. The van der Waals surface area contributed by atoms with Gasteiger partial charge in [-0.2, -0.15) is 0 Å². The average Bonchev–Trinajstić information content (AvgIpc) is 2.90. The Morgan fingerprint density at radius 1 is 0.829 bits per heavy atom. The number of aliphatic carboxylic acids is 1. The van der Waals surface area contributed by atoms with Gasteiger partial charge in [0.15, 0.2) is 5.75 Å². The van der Waals surface area contributed by atoms with E-state index in [1.807, 2.05) is 0 Å². The standard InChI is InChI=1S/C35H41N3O3/c1-22(2)29-9-8-25(5)32(17-29)33-16-27(7)26(6)15-30(33)21-38(20-28-13-23(3)12-24(4)14-28)35-36-18-31(19-37-35)41-11-10-34(39)40/h8-9,12-19,22H,10-11,20-21H2,1-7H3,(H,39,40). The second-order valence-corrected chi connectivity index (χ2v) is 11.4. The fourth-order valence-corrected chi connectivity index (χ4v) is 5.13. The second kappa shape index (κ2) is 13.0. The van der Waals surface area contributed by atoms with Crippen LogP contribution in [0.3, 0.4) is 0 Å². The number of aromatic nitrogens is 2. The Morgan fingerprint density at radius 2 is 1.49 bits per heavy atom. The summed E-state index contributed by atoms with van der Waals surface area (Å²) in [5.41, 5.74) is 12.4. The van der Waals surface area contributed by atoms with E-state index in [4.69, 9.17) is 9.84 Å². The summed E-state index contributed by atoms with van der Waals surface area (Å²) in [4.78, 5) is 22.4. The van der Waals surface area contributed by atoms with Gasteiger partial charge < -0.3 is 14.7 Å². The van der Waals surface area contributed by atoms with E-state index in [-0.39, 0.29) is 13.0 Å². The lowest BCUT2D eigenvalue weighted by molar-refractivity contribution is -0.137. The molecule has 1 aromatic heterocycles. The number of hydrogen-bond acceptors (Lipinski definition) is 5. The molecule has 1 heterocycles. The minimum Gasteiger partial charge on any atom is -0.490 e. The average molecular weight is 552 g/mol. The molecule has 4 rings (SSSR count). The van der Waals surface area contributed by atoms with Gasteiger partial charge in [-0.25, -0.2) is 9.97 Å². The zero-order valence-corrected chi connectivity index (χ0v) is 25.3. The number of carbonyl (C=O) groups is 1. The lowest BCUT2D eigenvalue weighted by Crippen LogP contribution is -2.25. The molecule has 0 bridgehead atoms. The SMILES string of the molecule is Cc1cc(C)cc(CN(Cc2cc(C)c(C)cc2-c2cc(C(C)C)ccc2C)c2ncc(OCCC(=O)O)cn2)c1. The van der Waals surface area contributed by atoms with Gasteiger partial charge in [0.2, 0.25) is 5.95 Å². The van der Waals surface area contributed by atoms with E-state index in [1.54, 1.807) is 12.4 Å². The molecule has 0 fully saturated rings. The molecular weight excluding hydrogens is 510 g/mol. The lowest BCUT2D eigenvalue weighted by atomic mass is 9.89. The molecule has 0 spiro atoms. The van der Waals surface area contributed by atoms with Crippen molar-refractivity contribution in [2.24, 2.45) is 0 Å². The van der Waals surface area contributed by atoms with Crippen LogP contribution in [0.5, 0.6) is 5.75 Å². The summed E-state index contributed by atoms with van der Waals surface area (Å²) in [6.45, 7) is 16.5. The van der Waals surface area contributed by atoms with Gasteiger partial charge in [-0.3, -0.25) is 4.79 Å². The monoisotopic (exact) mass is 551 g/mol. The van der Waals surface area contributed by atoms with Gasteiger partial charge in [-0.05, 0) is 85.0 Å². The highest BCUT2D eigenvalue weighted by Gasteiger charge is 2.18. The predicted octanol–water partition coefficient (Wildman–Crippen LogP) is 7.87. The molecule has 0 atom stereocenters. The summed E-state index contributed by atoms with van der Waals surface area (Å²) in [7, 11) is 0. The molecule has 214 valence electrons. The van der Waals surface area contributed by atoms with Crippen LogP contribution in [0.25, 0.3) is 11.1 Å². The summed E-state index contributed by atoms with van der Waals surface area (Å²) in [5.74, 6) is 0.580. The molecule has 0 radical (unpaired) electrons. The van der Waals surface area contributed by atoms with E-state index in [1.165, 1.54) is 55.6 Å². The summed E-state index contributed by atoms with van der Waals surface area (Å²) in [5, 5.41) is 8.91. The smallest absolute Gasteiger partial charge is 0.306 e. The Labute approximate surface area is 244 Å². The number of hydrogen-bond donors (Lipinski definition) is 1. The zero-order valence-electron chi connectivity index (χ0n) is 25.3. The van der Waals surface area contributed by atoms with Crippen LogP contribution in [0.4, 0.5) is 5.95 Å². The quantitative estimate of drug-likeness (QED) is 0.204. The van der Waals surface area contributed by atoms with Gasteiger partial charge in [-0.15, -0.1) is 0 Å². The highest BCUT2D eigenvalue weighted by atomic mass is 16.5. The summed E-state index contributed by atoms with van der Waals surface area (Å²) < 4.78 is 5.54. The zero-order chi connectivity index (χ0) is 29.7. The van der Waals surface area contributed by atoms with Crippen molar-refractivity contribution in [1.82, 2.24) is 9.97 Å². The number of benzene rings is 3. The van der Waals surface area contributed by atoms with Crippen molar-refractivity contribution in [1.29, 1.82) is 0 Å². The second-order valence-electron chi connectivity index (χ2n) is 11.4. The molecule has 6 nitrogen and oxygen atoms in total. The predicted molar refractivity (Wildman–Crippen MR) is 166 cm³/mol. The van der Waals surface area contributed by atoms with Crippen LogP contribution in [0, 0.1) is 34.6 Å². The molecule has 1 N–H and O–H groups in total. The first-order valence-electron chi connectivity index (χ1n) is 14.2. The fourth-order valence-electron chi connectivity index (χ4n) is 5.13. The van der Waals surface area contributed by atoms with Gasteiger partial charge in [0.05, 0.1) is 25.4 Å². The normalized spacial score (nSPS) is 11.1. The van der Waals surface area contributed by atoms with Crippen LogP contribution < -0.4 is 9.64 Å². The Balaban J connectivity index is 1.76. The number of rotatable bonds is 11. The minimum atomic E-state index is -0.902.